The van der Waals surface area contributed by atoms with Crippen LogP contribution in [0.15, 0.2) is 42.7 Å². The van der Waals surface area contributed by atoms with E-state index in [9.17, 15) is 9.18 Å². The molecule has 25 heavy (non-hydrogen) atoms. The van der Waals surface area contributed by atoms with Crippen molar-refractivity contribution in [1.29, 1.82) is 0 Å². The first-order valence-corrected chi connectivity index (χ1v) is 8.04. The zero-order chi connectivity index (χ0) is 16.9. The van der Waals surface area contributed by atoms with E-state index in [0.717, 1.165) is 30.8 Å². The van der Waals surface area contributed by atoms with Crippen LogP contribution in [0.25, 0.3) is 0 Å². The monoisotopic (exact) mass is 364 g/mol. The fourth-order valence-electron chi connectivity index (χ4n) is 2.93. The molecule has 5 nitrogen and oxygen atoms in total. The number of aryl methyl sites for hydroxylation is 1. The highest BCUT2D eigenvalue weighted by Gasteiger charge is 2.25. The molecule has 3 rings (SSSR count). The summed E-state index contributed by atoms with van der Waals surface area (Å²) in [6.07, 6.45) is 3.55. The highest BCUT2D eigenvalue weighted by atomic mass is 35.5. The predicted molar refractivity (Wildman–Crippen MR) is 98.4 cm³/mol. The quantitative estimate of drug-likeness (QED) is 0.875. The van der Waals surface area contributed by atoms with Crippen LogP contribution in [0.5, 0.6) is 0 Å². The Morgan fingerprint density at radius 1 is 1.44 bits per heavy atom. The molecule has 1 fully saturated rings. The Balaban J connectivity index is 0.00000225. The SMILES string of the molecule is Cc1ccc(NC(=O)CN2CCNCC2c2cccnc2)c(F)c1.Cl. The van der Waals surface area contributed by atoms with Crippen LogP contribution in [0.2, 0.25) is 0 Å². The minimum atomic E-state index is -0.410. The predicted octanol–water partition coefficient (Wildman–Crippen LogP) is 2.54. The molecular formula is C18H22ClFN4O. The molecule has 2 aromatic rings. The van der Waals surface area contributed by atoms with E-state index in [0.29, 0.717) is 0 Å². The molecule has 134 valence electrons. The van der Waals surface area contributed by atoms with Gasteiger partial charge in [-0.05, 0) is 36.2 Å². The number of piperazine rings is 1. The third kappa shape index (κ3) is 4.98. The molecule has 1 amide bonds. The zero-order valence-electron chi connectivity index (χ0n) is 14.0. The van der Waals surface area contributed by atoms with E-state index >= 15 is 0 Å². The van der Waals surface area contributed by atoms with Gasteiger partial charge in [0.15, 0.2) is 0 Å². The summed E-state index contributed by atoms with van der Waals surface area (Å²) in [6, 6.07) is 8.78. The van der Waals surface area contributed by atoms with Crippen molar-refractivity contribution >= 4 is 24.0 Å². The van der Waals surface area contributed by atoms with Gasteiger partial charge < -0.3 is 10.6 Å². The Morgan fingerprint density at radius 2 is 2.28 bits per heavy atom. The number of amides is 1. The minimum absolute atomic E-state index is 0. The van der Waals surface area contributed by atoms with Crippen molar-refractivity contribution in [1.82, 2.24) is 15.2 Å². The van der Waals surface area contributed by atoms with Crippen molar-refractivity contribution in [3.05, 3.63) is 59.7 Å². The number of halogens is 2. The molecule has 1 atom stereocenters. The number of anilines is 1. The van der Waals surface area contributed by atoms with Crippen molar-refractivity contribution in [2.45, 2.75) is 13.0 Å². The van der Waals surface area contributed by atoms with Gasteiger partial charge in [0.1, 0.15) is 5.82 Å². The van der Waals surface area contributed by atoms with Gasteiger partial charge in [-0.15, -0.1) is 12.4 Å². The third-order valence-corrected chi connectivity index (χ3v) is 4.17. The van der Waals surface area contributed by atoms with E-state index < -0.39 is 5.82 Å². The first-order chi connectivity index (χ1) is 11.6. The molecule has 0 saturated carbocycles. The summed E-state index contributed by atoms with van der Waals surface area (Å²) >= 11 is 0. The van der Waals surface area contributed by atoms with E-state index in [-0.39, 0.29) is 36.6 Å². The lowest BCUT2D eigenvalue weighted by molar-refractivity contribution is -0.118. The molecule has 1 unspecified atom stereocenters. The Hall–Kier alpha value is -2.02. The molecule has 1 saturated heterocycles. The van der Waals surface area contributed by atoms with Crippen molar-refractivity contribution in [3.63, 3.8) is 0 Å². The maximum absolute atomic E-state index is 13.9. The standard InChI is InChI=1S/C18H21FN4O.ClH/c1-13-4-5-16(15(19)9-13)22-18(24)12-23-8-7-21-11-17(23)14-3-2-6-20-10-14;/h2-6,9-10,17,21H,7-8,11-12H2,1H3,(H,22,24);1H. The van der Waals surface area contributed by atoms with Gasteiger partial charge in [-0.3, -0.25) is 14.7 Å². The van der Waals surface area contributed by atoms with E-state index in [1.807, 2.05) is 25.3 Å². The van der Waals surface area contributed by atoms with Gasteiger partial charge in [-0.1, -0.05) is 12.1 Å². The number of nitrogens with zero attached hydrogens (tertiary/aromatic N) is 2. The van der Waals surface area contributed by atoms with Crippen LogP contribution < -0.4 is 10.6 Å². The third-order valence-electron chi connectivity index (χ3n) is 4.17. The highest BCUT2D eigenvalue weighted by molar-refractivity contribution is 5.92. The number of pyridine rings is 1. The van der Waals surface area contributed by atoms with E-state index in [2.05, 4.69) is 20.5 Å². The zero-order valence-corrected chi connectivity index (χ0v) is 14.9. The average molecular weight is 365 g/mol. The summed E-state index contributed by atoms with van der Waals surface area (Å²) in [4.78, 5) is 18.6. The number of aromatic nitrogens is 1. The molecule has 0 aliphatic carbocycles. The molecule has 1 aliphatic rings. The Morgan fingerprint density at radius 3 is 3.00 bits per heavy atom. The second kappa shape index (κ2) is 8.89. The van der Waals surface area contributed by atoms with Gasteiger partial charge in [0.05, 0.1) is 12.2 Å². The van der Waals surface area contributed by atoms with E-state index in [4.69, 9.17) is 0 Å². The minimum Gasteiger partial charge on any atom is -0.322 e. The van der Waals surface area contributed by atoms with Gasteiger partial charge in [0.2, 0.25) is 5.91 Å². The van der Waals surface area contributed by atoms with Crippen molar-refractivity contribution in [2.24, 2.45) is 0 Å². The second-order valence-corrected chi connectivity index (χ2v) is 6.01. The van der Waals surface area contributed by atoms with Crippen molar-refractivity contribution in [2.75, 3.05) is 31.5 Å². The van der Waals surface area contributed by atoms with Crippen LogP contribution in [0.4, 0.5) is 10.1 Å². The maximum Gasteiger partial charge on any atom is 0.238 e. The molecule has 0 spiro atoms. The summed E-state index contributed by atoms with van der Waals surface area (Å²) in [5, 5.41) is 6.01. The summed E-state index contributed by atoms with van der Waals surface area (Å²) in [6.45, 7) is 4.37. The number of carbonyl (C=O) groups is 1. The topological polar surface area (TPSA) is 57.3 Å². The van der Waals surface area contributed by atoms with Crippen LogP contribution >= 0.6 is 12.4 Å². The second-order valence-electron chi connectivity index (χ2n) is 6.01. The fourth-order valence-corrected chi connectivity index (χ4v) is 2.93. The van der Waals surface area contributed by atoms with Crippen molar-refractivity contribution < 1.29 is 9.18 Å². The maximum atomic E-state index is 13.9. The molecule has 0 radical (unpaired) electrons. The first kappa shape index (κ1) is 19.3. The molecule has 1 aliphatic heterocycles. The molecule has 0 bridgehead atoms. The van der Waals surface area contributed by atoms with E-state index in [1.54, 1.807) is 18.3 Å². The fraction of sp³-hybridized carbons (Fsp3) is 0.333. The first-order valence-electron chi connectivity index (χ1n) is 8.04. The lowest BCUT2D eigenvalue weighted by Gasteiger charge is -2.35. The number of rotatable bonds is 4. The normalized spacial score (nSPS) is 17.6. The number of benzene rings is 1. The van der Waals surface area contributed by atoms with E-state index in [1.165, 1.54) is 6.07 Å². The van der Waals surface area contributed by atoms with Crippen LogP contribution in [0.3, 0.4) is 0 Å². The number of carbonyl (C=O) groups excluding carboxylic acids is 1. The van der Waals surface area contributed by atoms with Gasteiger partial charge >= 0.3 is 0 Å². The smallest absolute Gasteiger partial charge is 0.238 e. The van der Waals surface area contributed by atoms with Crippen LogP contribution in [0.1, 0.15) is 17.2 Å². The van der Waals surface area contributed by atoms with Gasteiger partial charge in [-0.2, -0.15) is 0 Å². The lowest BCUT2D eigenvalue weighted by Crippen LogP contribution is -2.48. The Labute approximate surface area is 153 Å². The van der Waals surface area contributed by atoms with Crippen LogP contribution in [-0.4, -0.2) is 42.0 Å². The van der Waals surface area contributed by atoms with Gasteiger partial charge in [0, 0.05) is 38.1 Å². The van der Waals surface area contributed by atoms with Gasteiger partial charge in [0.25, 0.3) is 0 Å². The molecule has 7 heteroatoms. The number of hydrogen-bond acceptors (Lipinski definition) is 4. The summed E-state index contributed by atoms with van der Waals surface area (Å²) in [5.74, 6) is -0.624. The van der Waals surface area contributed by atoms with Gasteiger partial charge in [-0.25, -0.2) is 4.39 Å². The summed E-state index contributed by atoms with van der Waals surface area (Å²) in [7, 11) is 0. The summed E-state index contributed by atoms with van der Waals surface area (Å²) < 4.78 is 13.9. The van der Waals surface area contributed by atoms with Crippen LogP contribution in [0, 0.1) is 12.7 Å². The molecule has 2 heterocycles. The molecule has 2 N–H and O–H groups in total. The van der Waals surface area contributed by atoms with Crippen LogP contribution in [-0.2, 0) is 4.79 Å². The average Bonchev–Trinajstić information content (AvgIpc) is 2.59. The molecule has 1 aromatic carbocycles. The Kier molecular flexibility index (Phi) is 6.87. The number of hydrogen-bond donors (Lipinski definition) is 2. The molecule has 1 aromatic heterocycles. The largest absolute Gasteiger partial charge is 0.322 e. The summed E-state index contributed by atoms with van der Waals surface area (Å²) in [5.41, 5.74) is 2.11. The lowest BCUT2D eigenvalue weighted by atomic mass is 10.1. The van der Waals surface area contributed by atoms with Crippen molar-refractivity contribution in [3.8, 4) is 0 Å². The number of nitrogens with one attached hydrogen (secondary N) is 2. The molecular weight excluding hydrogens is 343 g/mol. The highest BCUT2D eigenvalue weighted by Crippen LogP contribution is 2.21. The Bertz CT molecular complexity index is 713.